The molecule has 6 nitrogen and oxygen atoms in total. The molecule has 6 heteroatoms. The summed E-state index contributed by atoms with van der Waals surface area (Å²) in [6.07, 6.45) is 6.03. The number of rotatable bonds is 13. The van der Waals surface area contributed by atoms with Crippen LogP contribution in [0.5, 0.6) is 0 Å². The Balaban J connectivity index is 2.55. The van der Waals surface area contributed by atoms with Crippen molar-refractivity contribution in [3.05, 3.63) is 48.2 Å². The molecule has 176 valence electrons. The lowest BCUT2D eigenvalue weighted by atomic mass is 10.0. The topological polar surface area (TPSA) is 58.1 Å². The van der Waals surface area contributed by atoms with Gasteiger partial charge in [0.2, 0.25) is 0 Å². The Morgan fingerprint density at radius 2 is 1.81 bits per heavy atom. The molecule has 2 N–H and O–H groups in total. The van der Waals surface area contributed by atoms with Crippen LogP contribution >= 0.6 is 0 Å². The van der Waals surface area contributed by atoms with E-state index in [1.807, 2.05) is 34.6 Å². The van der Waals surface area contributed by atoms with Gasteiger partial charge in [0.15, 0.2) is 0 Å². The number of morpholine rings is 1. The smallest absolute Gasteiger partial charge is 0.103 e. The summed E-state index contributed by atoms with van der Waals surface area (Å²) in [5.41, 5.74) is 5.98. The van der Waals surface area contributed by atoms with Crippen LogP contribution in [0.3, 0.4) is 0 Å². The van der Waals surface area contributed by atoms with Gasteiger partial charge < -0.3 is 14.8 Å². The first kappa shape index (κ1) is 27.3. The summed E-state index contributed by atoms with van der Waals surface area (Å²) in [6, 6.07) is 0. The van der Waals surface area contributed by atoms with Crippen molar-refractivity contribution in [3.63, 3.8) is 0 Å². The number of hydrazone groups is 1. The average molecular weight is 433 g/mol. The summed E-state index contributed by atoms with van der Waals surface area (Å²) in [5.74, 6) is 0. The van der Waals surface area contributed by atoms with Gasteiger partial charge in [0.05, 0.1) is 30.2 Å². The number of nitrogens with one attached hydrogen (secondary N) is 2. The third kappa shape index (κ3) is 10.4. The van der Waals surface area contributed by atoms with E-state index in [9.17, 15) is 0 Å². The molecule has 0 aromatic heterocycles. The van der Waals surface area contributed by atoms with E-state index in [0.717, 1.165) is 62.9 Å². The van der Waals surface area contributed by atoms with E-state index in [1.165, 1.54) is 5.57 Å². The average Bonchev–Trinajstić information content (AvgIpc) is 2.70. The Labute approximate surface area is 190 Å². The number of hydrogen-bond acceptors (Lipinski definition) is 6. The first-order valence-electron chi connectivity index (χ1n) is 11.2. The second kappa shape index (κ2) is 13.0. The molecule has 0 amide bonds. The number of ether oxygens (including phenoxy) is 2. The van der Waals surface area contributed by atoms with Crippen LogP contribution in [0.25, 0.3) is 0 Å². The van der Waals surface area contributed by atoms with Gasteiger partial charge >= 0.3 is 0 Å². The van der Waals surface area contributed by atoms with Crippen LogP contribution in [0.4, 0.5) is 0 Å². The van der Waals surface area contributed by atoms with Gasteiger partial charge in [-0.15, -0.1) is 6.58 Å². The molecule has 0 atom stereocenters. The summed E-state index contributed by atoms with van der Waals surface area (Å²) in [4.78, 5) is 2.43. The maximum Gasteiger partial charge on any atom is 0.103 e. The molecule has 0 spiro atoms. The van der Waals surface area contributed by atoms with E-state index in [4.69, 9.17) is 9.47 Å². The van der Waals surface area contributed by atoms with Crippen molar-refractivity contribution < 1.29 is 9.47 Å². The van der Waals surface area contributed by atoms with Crippen LogP contribution in [-0.2, 0) is 9.47 Å². The Hall–Kier alpha value is -1.73. The summed E-state index contributed by atoms with van der Waals surface area (Å²) >= 11 is 0. The first-order valence-corrected chi connectivity index (χ1v) is 11.2. The van der Waals surface area contributed by atoms with Crippen LogP contribution in [0.1, 0.15) is 48.5 Å². The summed E-state index contributed by atoms with van der Waals surface area (Å²) in [6.45, 7) is 28.7. The lowest BCUT2D eigenvalue weighted by Crippen LogP contribution is -2.41. The normalized spacial score (nSPS) is 16.4. The highest BCUT2D eigenvalue weighted by Crippen LogP contribution is 2.22. The van der Waals surface area contributed by atoms with Crippen LogP contribution in [0.2, 0.25) is 0 Å². The molecule has 0 bridgehead atoms. The van der Waals surface area contributed by atoms with E-state index in [0.29, 0.717) is 0 Å². The van der Waals surface area contributed by atoms with Gasteiger partial charge in [-0.25, -0.2) is 0 Å². The molecule has 1 fully saturated rings. The van der Waals surface area contributed by atoms with Crippen molar-refractivity contribution in [2.45, 2.75) is 59.7 Å². The highest BCUT2D eigenvalue weighted by Gasteiger charge is 2.29. The van der Waals surface area contributed by atoms with Crippen molar-refractivity contribution in [1.82, 2.24) is 15.6 Å². The van der Waals surface area contributed by atoms with Gasteiger partial charge in [-0.05, 0) is 54.0 Å². The lowest BCUT2D eigenvalue weighted by Gasteiger charge is -2.34. The Bertz CT molecular complexity index is 680. The fourth-order valence-corrected chi connectivity index (χ4v) is 3.11. The second-order valence-corrected chi connectivity index (χ2v) is 9.18. The minimum atomic E-state index is -0.531. The minimum Gasteiger partial charge on any atom is -0.379 e. The predicted molar refractivity (Wildman–Crippen MR) is 132 cm³/mol. The van der Waals surface area contributed by atoms with Crippen molar-refractivity contribution in [2.24, 2.45) is 5.10 Å². The molecule has 0 aromatic rings. The van der Waals surface area contributed by atoms with E-state index in [2.05, 4.69) is 59.9 Å². The molecule has 0 saturated carbocycles. The maximum atomic E-state index is 6.16. The van der Waals surface area contributed by atoms with E-state index in [-0.39, 0.29) is 0 Å². The molecule has 1 rings (SSSR count). The van der Waals surface area contributed by atoms with Gasteiger partial charge in [-0.2, -0.15) is 5.10 Å². The van der Waals surface area contributed by atoms with E-state index in [1.54, 1.807) is 6.08 Å². The van der Waals surface area contributed by atoms with Crippen LogP contribution in [0, 0.1) is 0 Å². The number of nitrogens with zero attached hydrogens (tertiary/aromatic N) is 2. The van der Waals surface area contributed by atoms with Crippen LogP contribution in [0.15, 0.2) is 53.3 Å². The molecule has 31 heavy (non-hydrogen) atoms. The highest BCUT2D eigenvalue weighted by molar-refractivity contribution is 5.89. The van der Waals surface area contributed by atoms with Crippen LogP contribution in [-0.4, -0.2) is 67.8 Å². The molecule has 1 aliphatic heterocycles. The molecule has 1 aliphatic rings. The van der Waals surface area contributed by atoms with Gasteiger partial charge in [-0.1, -0.05) is 30.4 Å². The summed E-state index contributed by atoms with van der Waals surface area (Å²) in [5, 5.41) is 8.00. The molecule has 0 aliphatic carbocycles. The highest BCUT2D eigenvalue weighted by atomic mass is 16.5. The molecular formula is C25H44N4O2. The zero-order valence-electron chi connectivity index (χ0n) is 20.8. The third-order valence-corrected chi connectivity index (χ3v) is 5.36. The van der Waals surface area contributed by atoms with Crippen molar-refractivity contribution >= 4 is 5.71 Å². The minimum absolute atomic E-state index is 0.431. The SMILES string of the molecule is C=CC(C)(C)OC(C)(C)/C(C)=N/NC(=C)C(/C=C\CNCCN1CCOCC1)=C(C)C. The fraction of sp³-hybridized carbons (Fsp3) is 0.640. The molecular weight excluding hydrogens is 388 g/mol. The first-order chi connectivity index (χ1) is 14.5. The molecule has 0 radical (unpaired) electrons. The lowest BCUT2D eigenvalue weighted by molar-refractivity contribution is -0.0570. The van der Waals surface area contributed by atoms with Crippen molar-refractivity contribution in [3.8, 4) is 0 Å². The van der Waals surface area contributed by atoms with Gasteiger partial charge in [0, 0.05) is 32.7 Å². The molecule has 1 saturated heterocycles. The number of hydrogen-bond donors (Lipinski definition) is 2. The molecule has 0 unspecified atom stereocenters. The second-order valence-electron chi connectivity index (χ2n) is 9.18. The standard InChI is InChI=1S/C25H44N4O2/c1-10-24(6,7)31-25(8,9)22(5)28-27-21(4)23(20(2)3)12-11-13-26-14-15-29-16-18-30-19-17-29/h10-12,26-27H,1,4,13-19H2,2-3,5-9H3/b12-11-,28-22+. The molecule has 1 heterocycles. The maximum absolute atomic E-state index is 6.16. The fourth-order valence-electron chi connectivity index (χ4n) is 3.11. The van der Waals surface area contributed by atoms with Crippen LogP contribution < -0.4 is 10.7 Å². The summed E-state index contributed by atoms with van der Waals surface area (Å²) < 4.78 is 11.5. The zero-order chi connectivity index (χ0) is 23.5. The Kier molecular flexibility index (Phi) is 11.4. The largest absolute Gasteiger partial charge is 0.379 e. The quantitative estimate of drug-likeness (QED) is 0.151. The zero-order valence-corrected chi connectivity index (χ0v) is 20.8. The number of allylic oxidation sites excluding steroid dienone is 2. The van der Waals surface area contributed by atoms with E-state index < -0.39 is 11.2 Å². The van der Waals surface area contributed by atoms with E-state index >= 15 is 0 Å². The van der Waals surface area contributed by atoms with Gasteiger partial charge in [0.25, 0.3) is 0 Å². The Morgan fingerprint density at radius 3 is 2.39 bits per heavy atom. The van der Waals surface area contributed by atoms with Crippen molar-refractivity contribution in [2.75, 3.05) is 45.9 Å². The predicted octanol–water partition coefficient (Wildman–Crippen LogP) is 4.04. The van der Waals surface area contributed by atoms with Crippen molar-refractivity contribution in [1.29, 1.82) is 0 Å². The Morgan fingerprint density at radius 1 is 1.16 bits per heavy atom. The summed E-state index contributed by atoms with van der Waals surface area (Å²) in [7, 11) is 0. The monoisotopic (exact) mass is 432 g/mol. The van der Waals surface area contributed by atoms with Gasteiger partial charge in [0.1, 0.15) is 5.60 Å². The van der Waals surface area contributed by atoms with Gasteiger partial charge in [-0.3, -0.25) is 10.3 Å². The third-order valence-electron chi connectivity index (χ3n) is 5.36. The molecule has 0 aromatic carbocycles.